The molecule has 1 aromatic carbocycles. The van der Waals surface area contributed by atoms with E-state index in [9.17, 15) is 4.79 Å². The highest BCUT2D eigenvalue weighted by Gasteiger charge is 2.23. The van der Waals surface area contributed by atoms with E-state index in [0.717, 1.165) is 26.1 Å². The first-order valence-corrected chi connectivity index (χ1v) is 8.00. The summed E-state index contributed by atoms with van der Waals surface area (Å²) in [7, 11) is 0. The molecule has 0 aliphatic carbocycles. The van der Waals surface area contributed by atoms with Gasteiger partial charge in [-0.2, -0.15) is 0 Å². The van der Waals surface area contributed by atoms with Gasteiger partial charge in [0.15, 0.2) is 0 Å². The summed E-state index contributed by atoms with van der Waals surface area (Å²) in [5, 5.41) is 3.06. The van der Waals surface area contributed by atoms with Gasteiger partial charge in [-0.25, -0.2) is 0 Å². The predicted octanol–water partition coefficient (Wildman–Crippen LogP) is 2.69. The van der Waals surface area contributed by atoms with Crippen LogP contribution in [-0.4, -0.2) is 43.1 Å². The van der Waals surface area contributed by atoms with E-state index in [4.69, 9.17) is 4.74 Å². The number of nitrogens with one attached hydrogen (secondary N) is 1. The zero-order valence-electron chi connectivity index (χ0n) is 13.1. The van der Waals surface area contributed by atoms with Gasteiger partial charge < -0.3 is 10.1 Å². The lowest BCUT2D eigenvalue weighted by Gasteiger charge is -2.23. The van der Waals surface area contributed by atoms with Crippen LogP contribution in [0, 0.1) is 0 Å². The molecule has 0 bridgehead atoms. The third kappa shape index (κ3) is 4.21. The van der Waals surface area contributed by atoms with Crippen molar-refractivity contribution in [3.8, 4) is 5.75 Å². The van der Waals surface area contributed by atoms with Gasteiger partial charge in [-0.1, -0.05) is 26.0 Å². The smallest absolute Gasteiger partial charge is 0.255 e. The lowest BCUT2D eigenvalue weighted by molar-refractivity contribution is 0.0937. The molecule has 4 nitrogen and oxygen atoms in total. The first-order valence-electron chi connectivity index (χ1n) is 8.00. The van der Waals surface area contributed by atoms with Crippen molar-refractivity contribution in [1.29, 1.82) is 0 Å². The number of nitrogens with zero attached hydrogens (tertiary/aromatic N) is 1. The molecular formula is C17H26N2O2. The molecule has 1 aliphatic heterocycles. The first-order chi connectivity index (χ1) is 10.3. The molecule has 1 aliphatic rings. The predicted molar refractivity (Wildman–Crippen MR) is 84.8 cm³/mol. The van der Waals surface area contributed by atoms with Crippen LogP contribution in [0.1, 0.15) is 43.5 Å². The van der Waals surface area contributed by atoms with E-state index >= 15 is 0 Å². The monoisotopic (exact) mass is 290 g/mol. The fourth-order valence-corrected chi connectivity index (χ4v) is 2.84. The Kier molecular flexibility index (Phi) is 6.05. The van der Waals surface area contributed by atoms with Gasteiger partial charge in [0, 0.05) is 12.6 Å². The van der Waals surface area contributed by atoms with Gasteiger partial charge in [-0.15, -0.1) is 0 Å². The quantitative estimate of drug-likeness (QED) is 0.839. The van der Waals surface area contributed by atoms with Crippen molar-refractivity contribution in [3.05, 3.63) is 29.8 Å². The van der Waals surface area contributed by atoms with Gasteiger partial charge in [-0.3, -0.25) is 9.69 Å². The fourth-order valence-electron chi connectivity index (χ4n) is 2.84. The molecule has 1 heterocycles. The Hall–Kier alpha value is -1.55. The van der Waals surface area contributed by atoms with Crippen LogP contribution >= 0.6 is 0 Å². The molecule has 4 heteroatoms. The van der Waals surface area contributed by atoms with Crippen LogP contribution in [0.15, 0.2) is 24.3 Å². The maximum absolute atomic E-state index is 12.4. The molecule has 0 spiro atoms. The third-order valence-electron chi connectivity index (χ3n) is 4.00. The van der Waals surface area contributed by atoms with Crippen LogP contribution < -0.4 is 10.1 Å². The number of hydrogen-bond donors (Lipinski definition) is 1. The molecule has 116 valence electrons. The number of ether oxygens (including phenoxy) is 1. The van der Waals surface area contributed by atoms with Gasteiger partial charge in [0.25, 0.3) is 5.91 Å². The molecular weight excluding hydrogens is 264 g/mol. The van der Waals surface area contributed by atoms with Crippen molar-refractivity contribution in [2.45, 2.75) is 39.2 Å². The highest BCUT2D eigenvalue weighted by molar-refractivity contribution is 5.96. The molecule has 1 atom stereocenters. The van der Waals surface area contributed by atoms with Crippen molar-refractivity contribution >= 4 is 5.91 Å². The van der Waals surface area contributed by atoms with Crippen LogP contribution in [0.25, 0.3) is 0 Å². The van der Waals surface area contributed by atoms with Crippen molar-refractivity contribution < 1.29 is 9.53 Å². The van der Waals surface area contributed by atoms with Crippen LogP contribution in [0.2, 0.25) is 0 Å². The lowest BCUT2D eigenvalue weighted by atomic mass is 10.1. The van der Waals surface area contributed by atoms with E-state index in [1.54, 1.807) is 0 Å². The van der Waals surface area contributed by atoms with E-state index < -0.39 is 0 Å². The zero-order chi connectivity index (χ0) is 15.1. The van der Waals surface area contributed by atoms with Gasteiger partial charge >= 0.3 is 0 Å². The number of amides is 1. The number of carbonyl (C=O) groups excluding carboxylic acids is 1. The number of rotatable bonds is 7. The standard InChI is InChI=1S/C17H26N2O2/c1-3-12-21-16-10-6-5-9-15(16)17(20)18-13-14-8-7-11-19(14)4-2/h5-6,9-10,14H,3-4,7-8,11-13H2,1-2H3,(H,18,20). The minimum Gasteiger partial charge on any atom is -0.493 e. The minimum atomic E-state index is -0.0374. The summed E-state index contributed by atoms with van der Waals surface area (Å²) in [6.45, 7) is 7.78. The third-order valence-corrected chi connectivity index (χ3v) is 4.00. The van der Waals surface area contributed by atoms with Crippen LogP contribution in [0.4, 0.5) is 0 Å². The van der Waals surface area contributed by atoms with E-state index in [1.165, 1.54) is 12.8 Å². The molecule has 1 N–H and O–H groups in total. The van der Waals surface area contributed by atoms with Crippen molar-refractivity contribution in [2.75, 3.05) is 26.2 Å². The Balaban J connectivity index is 1.94. The van der Waals surface area contributed by atoms with E-state index in [1.807, 2.05) is 24.3 Å². The summed E-state index contributed by atoms with van der Waals surface area (Å²) in [6, 6.07) is 7.94. The zero-order valence-corrected chi connectivity index (χ0v) is 13.1. The van der Waals surface area contributed by atoms with Crippen molar-refractivity contribution in [3.63, 3.8) is 0 Å². The first kappa shape index (κ1) is 15.8. The second kappa shape index (κ2) is 8.03. The van der Waals surface area contributed by atoms with Gasteiger partial charge in [0.05, 0.1) is 12.2 Å². The van der Waals surface area contributed by atoms with Crippen molar-refractivity contribution in [1.82, 2.24) is 10.2 Å². The number of likely N-dealkylation sites (N-methyl/N-ethyl adjacent to an activating group) is 1. The molecule has 1 amide bonds. The molecule has 1 aromatic rings. The summed E-state index contributed by atoms with van der Waals surface area (Å²) in [6.07, 6.45) is 3.33. The summed E-state index contributed by atoms with van der Waals surface area (Å²) >= 11 is 0. The second-order valence-corrected chi connectivity index (χ2v) is 5.48. The van der Waals surface area contributed by atoms with E-state index in [-0.39, 0.29) is 5.91 Å². The number of para-hydroxylation sites is 1. The highest BCUT2D eigenvalue weighted by atomic mass is 16.5. The van der Waals surface area contributed by atoms with Crippen LogP contribution in [0.5, 0.6) is 5.75 Å². The number of hydrogen-bond acceptors (Lipinski definition) is 3. The van der Waals surface area contributed by atoms with Crippen LogP contribution in [-0.2, 0) is 0 Å². The van der Waals surface area contributed by atoms with Crippen molar-refractivity contribution in [2.24, 2.45) is 0 Å². The topological polar surface area (TPSA) is 41.6 Å². The largest absolute Gasteiger partial charge is 0.493 e. The Bertz CT molecular complexity index is 462. The average molecular weight is 290 g/mol. The maximum atomic E-state index is 12.4. The normalized spacial score (nSPS) is 18.7. The van der Waals surface area contributed by atoms with Gasteiger partial charge in [0.1, 0.15) is 5.75 Å². The molecule has 1 fully saturated rings. The number of benzene rings is 1. The molecule has 0 radical (unpaired) electrons. The summed E-state index contributed by atoms with van der Waals surface area (Å²) in [5.41, 5.74) is 0.631. The second-order valence-electron chi connectivity index (χ2n) is 5.48. The molecule has 0 saturated carbocycles. The number of likely N-dealkylation sites (tertiary alicyclic amines) is 1. The Morgan fingerprint density at radius 2 is 2.19 bits per heavy atom. The van der Waals surface area contributed by atoms with Gasteiger partial charge in [0.2, 0.25) is 0 Å². The molecule has 2 rings (SSSR count). The summed E-state index contributed by atoms with van der Waals surface area (Å²) in [5.74, 6) is 0.639. The fraction of sp³-hybridized carbons (Fsp3) is 0.588. The minimum absolute atomic E-state index is 0.0374. The molecule has 1 unspecified atom stereocenters. The summed E-state index contributed by atoms with van der Waals surface area (Å²) < 4.78 is 5.65. The van der Waals surface area contributed by atoms with Crippen LogP contribution in [0.3, 0.4) is 0 Å². The Labute approximate surface area is 127 Å². The highest BCUT2D eigenvalue weighted by Crippen LogP contribution is 2.19. The SMILES string of the molecule is CCCOc1ccccc1C(=O)NCC1CCCN1CC. The molecule has 21 heavy (non-hydrogen) atoms. The van der Waals surface area contributed by atoms with E-state index in [0.29, 0.717) is 24.0 Å². The molecule has 0 aromatic heterocycles. The summed E-state index contributed by atoms with van der Waals surface area (Å²) in [4.78, 5) is 14.8. The Morgan fingerprint density at radius 3 is 2.95 bits per heavy atom. The average Bonchev–Trinajstić information content (AvgIpc) is 2.98. The number of carbonyl (C=O) groups is 1. The lowest BCUT2D eigenvalue weighted by Crippen LogP contribution is -2.40. The van der Waals surface area contributed by atoms with Gasteiger partial charge in [-0.05, 0) is 44.5 Å². The van der Waals surface area contributed by atoms with E-state index in [2.05, 4.69) is 24.1 Å². The Morgan fingerprint density at radius 1 is 1.38 bits per heavy atom. The molecule has 1 saturated heterocycles. The maximum Gasteiger partial charge on any atom is 0.255 e.